The largest absolute Gasteiger partial charge is 0.493 e. The Morgan fingerprint density at radius 3 is 3.00 bits per heavy atom. The number of nitrogens with one attached hydrogen (secondary N) is 1. The van der Waals surface area contributed by atoms with Crippen LogP contribution in [-0.2, 0) is 0 Å². The Bertz CT molecular complexity index is 491. The lowest BCUT2D eigenvalue weighted by atomic mass is 10.3. The Balaban J connectivity index is 2.78. The molecule has 0 bridgehead atoms. The minimum absolute atomic E-state index is 0.141. The van der Waals surface area contributed by atoms with Crippen LogP contribution in [0.5, 0.6) is 5.75 Å². The molecular weight excluding hydrogens is 184 g/mol. The third-order valence-corrected chi connectivity index (χ3v) is 1.87. The number of ether oxygens (including phenoxy) is 1. The van der Waals surface area contributed by atoms with Gasteiger partial charge >= 0.3 is 0 Å². The predicted octanol–water partition coefficient (Wildman–Crippen LogP) is 0.0654. The van der Waals surface area contributed by atoms with Gasteiger partial charge in [-0.15, -0.1) is 0 Å². The maximum Gasteiger partial charge on any atom is 0.269 e. The molecule has 0 fully saturated rings. The smallest absolute Gasteiger partial charge is 0.269 e. The van der Waals surface area contributed by atoms with E-state index in [1.54, 1.807) is 0 Å². The fourth-order valence-electron chi connectivity index (χ4n) is 1.25. The number of H-pyrrole nitrogens is 1. The van der Waals surface area contributed by atoms with Crippen LogP contribution >= 0.6 is 0 Å². The van der Waals surface area contributed by atoms with Crippen LogP contribution in [0.25, 0.3) is 11.0 Å². The lowest BCUT2D eigenvalue weighted by Crippen LogP contribution is -2.13. The van der Waals surface area contributed by atoms with Gasteiger partial charge in [-0.25, -0.2) is 9.97 Å². The van der Waals surface area contributed by atoms with Gasteiger partial charge in [-0.1, -0.05) is 0 Å². The maximum absolute atomic E-state index is 11.0. The van der Waals surface area contributed by atoms with Crippen LogP contribution in [0.2, 0.25) is 0 Å². The molecule has 2 heterocycles. The third kappa shape index (κ3) is 1.08. The Morgan fingerprint density at radius 2 is 2.36 bits per heavy atom. The number of imidazole rings is 1. The molecule has 3 N–H and O–H groups in total. The topological polar surface area (TPSA) is 93.9 Å². The maximum atomic E-state index is 11.0. The molecule has 0 aliphatic heterocycles. The Kier molecular flexibility index (Phi) is 1.81. The summed E-state index contributed by atoms with van der Waals surface area (Å²) < 4.78 is 5.03. The van der Waals surface area contributed by atoms with Crippen molar-refractivity contribution in [2.45, 2.75) is 0 Å². The van der Waals surface area contributed by atoms with Crippen molar-refractivity contribution in [1.82, 2.24) is 15.0 Å². The normalized spacial score (nSPS) is 10.4. The predicted molar refractivity (Wildman–Crippen MR) is 49.0 cm³/mol. The summed E-state index contributed by atoms with van der Waals surface area (Å²) in [5.74, 6) is -0.0766. The highest BCUT2D eigenvalue weighted by Gasteiger charge is 2.13. The second-order valence-electron chi connectivity index (χ2n) is 2.67. The van der Waals surface area contributed by atoms with Crippen molar-refractivity contribution in [3.63, 3.8) is 0 Å². The highest BCUT2D eigenvalue weighted by molar-refractivity contribution is 6.03. The number of fused-ring (bicyclic) bond motifs is 1. The molecular formula is C8H8N4O2. The number of amides is 1. The molecule has 0 aromatic carbocycles. The summed E-state index contributed by atoms with van der Waals surface area (Å²) in [5.41, 5.74) is 6.32. The number of aromatic amines is 1. The summed E-state index contributed by atoms with van der Waals surface area (Å²) in [6.45, 7) is 0. The van der Waals surface area contributed by atoms with Crippen molar-refractivity contribution in [3.05, 3.63) is 18.2 Å². The van der Waals surface area contributed by atoms with Crippen LogP contribution in [0.3, 0.4) is 0 Å². The van der Waals surface area contributed by atoms with Crippen LogP contribution < -0.4 is 10.5 Å². The van der Waals surface area contributed by atoms with E-state index < -0.39 is 5.91 Å². The number of aromatic nitrogens is 3. The number of rotatable bonds is 2. The summed E-state index contributed by atoms with van der Waals surface area (Å²) in [5, 5.41) is 0. The lowest BCUT2D eigenvalue weighted by molar-refractivity contribution is 0.0997. The fraction of sp³-hybridized carbons (Fsp3) is 0.125. The van der Waals surface area contributed by atoms with Gasteiger partial charge in [0, 0.05) is 0 Å². The highest BCUT2D eigenvalue weighted by Crippen LogP contribution is 2.22. The minimum Gasteiger partial charge on any atom is -0.493 e. The number of carbonyl (C=O) groups excluding carboxylic acids is 1. The molecule has 0 radical (unpaired) electrons. The monoisotopic (exact) mass is 192 g/mol. The molecule has 0 aliphatic rings. The molecule has 72 valence electrons. The van der Waals surface area contributed by atoms with Crippen molar-refractivity contribution < 1.29 is 9.53 Å². The first-order valence-electron chi connectivity index (χ1n) is 3.90. The van der Waals surface area contributed by atoms with Gasteiger partial charge in [0.1, 0.15) is 11.0 Å². The zero-order chi connectivity index (χ0) is 10.1. The summed E-state index contributed by atoms with van der Waals surface area (Å²) in [7, 11) is 1.52. The minimum atomic E-state index is -0.607. The van der Waals surface area contributed by atoms with E-state index in [9.17, 15) is 4.79 Å². The SMILES string of the molecule is COc1cnc(C(N)=O)c2nc[nH]c12. The van der Waals surface area contributed by atoms with Crippen molar-refractivity contribution in [3.8, 4) is 5.75 Å². The van der Waals surface area contributed by atoms with Gasteiger partial charge in [-0.3, -0.25) is 4.79 Å². The van der Waals surface area contributed by atoms with Gasteiger partial charge in [-0.2, -0.15) is 0 Å². The first kappa shape index (κ1) is 8.49. The van der Waals surface area contributed by atoms with Gasteiger partial charge in [-0.05, 0) is 0 Å². The number of nitrogens with zero attached hydrogens (tertiary/aromatic N) is 2. The van der Waals surface area contributed by atoms with Gasteiger partial charge < -0.3 is 15.5 Å². The van der Waals surface area contributed by atoms with Crippen molar-refractivity contribution in [2.75, 3.05) is 7.11 Å². The number of hydrogen-bond acceptors (Lipinski definition) is 4. The van der Waals surface area contributed by atoms with Crippen LogP contribution in [0, 0.1) is 0 Å². The summed E-state index contributed by atoms with van der Waals surface area (Å²) in [4.78, 5) is 21.6. The number of primary amides is 1. The molecule has 6 nitrogen and oxygen atoms in total. The first-order valence-corrected chi connectivity index (χ1v) is 3.90. The van der Waals surface area contributed by atoms with E-state index in [1.165, 1.54) is 19.6 Å². The molecule has 2 rings (SSSR count). The number of nitrogens with two attached hydrogens (primary N) is 1. The Hall–Kier alpha value is -2.11. The number of hydrogen-bond donors (Lipinski definition) is 2. The molecule has 0 atom stereocenters. The molecule has 0 unspecified atom stereocenters. The molecule has 2 aromatic heterocycles. The fourth-order valence-corrected chi connectivity index (χ4v) is 1.25. The standard InChI is InChI=1S/C8H8N4O2/c1-14-4-2-10-7(8(9)13)6-5(4)11-3-12-6/h2-3H,1H3,(H2,9,13)(H,11,12). The van der Waals surface area contributed by atoms with Crippen LogP contribution in [0.4, 0.5) is 0 Å². The quantitative estimate of drug-likeness (QED) is 0.703. The number of pyridine rings is 1. The van der Waals surface area contributed by atoms with Gasteiger partial charge in [0.25, 0.3) is 5.91 Å². The van der Waals surface area contributed by atoms with E-state index in [0.29, 0.717) is 16.8 Å². The Labute approximate surface area is 79.1 Å². The van der Waals surface area contributed by atoms with Crippen molar-refractivity contribution >= 4 is 16.9 Å². The molecule has 0 saturated carbocycles. The van der Waals surface area contributed by atoms with Gasteiger partial charge in [0.15, 0.2) is 11.4 Å². The number of carbonyl (C=O) groups is 1. The Morgan fingerprint density at radius 1 is 1.57 bits per heavy atom. The van der Waals surface area contributed by atoms with Gasteiger partial charge in [0.05, 0.1) is 19.6 Å². The van der Waals surface area contributed by atoms with E-state index in [1.807, 2.05) is 0 Å². The third-order valence-electron chi connectivity index (χ3n) is 1.87. The molecule has 0 spiro atoms. The van der Waals surface area contributed by atoms with E-state index in [2.05, 4.69) is 15.0 Å². The van der Waals surface area contributed by atoms with Crippen LogP contribution in [-0.4, -0.2) is 28.0 Å². The van der Waals surface area contributed by atoms with Crippen molar-refractivity contribution in [1.29, 1.82) is 0 Å². The highest BCUT2D eigenvalue weighted by atomic mass is 16.5. The van der Waals surface area contributed by atoms with E-state index in [0.717, 1.165) is 0 Å². The molecule has 0 aliphatic carbocycles. The molecule has 0 saturated heterocycles. The molecule has 6 heteroatoms. The first-order chi connectivity index (χ1) is 6.74. The molecule has 14 heavy (non-hydrogen) atoms. The second-order valence-corrected chi connectivity index (χ2v) is 2.67. The average Bonchev–Trinajstić information content (AvgIpc) is 2.64. The molecule has 1 amide bonds. The summed E-state index contributed by atoms with van der Waals surface area (Å²) in [6.07, 6.45) is 2.89. The van der Waals surface area contributed by atoms with Crippen LogP contribution in [0.1, 0.15) is 10.5 Å². The van der Waals surface area contributed by atoms with Crippen molar-refractivity contribution in [2.24, 2.45) is 5.73 Å². The lowest BCUT2D eigenvalue weighted by Gasteiger charge is -2.01. The van der Waals surface area contributed by atoms with E-state index >= 15 is 0 Å². The zero-order valence-electron chi connectivity index (χ0n) is 7.44. The molecule has 2 aromatic rings. The van der Waals surface area contributed by atoms with E-state index in [-0.39, 0.29) is 5.69 Å². The van der Waals surface area contributed by atoms with E-state index in [4.69, 9.17) is 10.5 Å². The summed E-state index contributed by atoms with van der Waals surface area (Å²) in [6, 6.07) is 0. The second kappa shape index (κ2) is 2.99. The summed E-state index contributed by atoms with van der Waals surface area (Å²) >= 11 is 0. The zero-order valence-corrected chi connectivity index (χ0v) is 7.44. The number of methoxy groups -OCH3 is 1. The van der Waals surface area contributed by atoms with Gasteiger partial charge in [0.2, 0.25) is 0 Å². The van der Waals surface area contributed by atoms with Crippen LogP contribution in [0.15, 0.2) is 12.5 Å². The average molecular weight is 192 g/mol.